The summed E-state index contributed by atoms with van der Waals surface area (Å²) in [6.45, 7) is 3.49. The maximum absolute atomic E-state index is 12.4. The lowest BCUT2D eigenvalue weighted by molar-refractivity contribution is -0.161. The van der Waals surface area contributed by atoms with E-state index in [1.165, 1.54) is 6.42 Å². The number of carbonyl (C=O) groups excluding carboxylic acids is 2. The second-order valence-electron chi connectivity index (χ2n) is 10.3. The highest BCUT2D eigenvalue weighted by molar-refractivity contribution is 7.47. The minimum absolute atomic E-state index is 0.0497. The van der Waals surface area contributed by atoms with Crippen molar-refractivity contribution in [1.29, 1.82) is 0 Å². The highest BCUT2D eigenvalue weighted by Crippen LogP contribution is 2.43. The third kappa shape index (κ3) is 28.4. The minimum atomic E-state index is -4.36. The molecular formula is C32H58NO8P. The summed E-state index contributed by atoms with van der Waals surface area (Å²) in [4.78, 5) is 34.3. The van der Waals surface area contributed by atoms with Gasteiger partial charge in [0.05, 0.1) is 13.2 Å². The maximum atomic E-state index is 12.4. The number of nitrogens with two attached hydrogens (primary N) is 1. The van der Waals surface area contributed by atoms with Gasteiger partial charge in [0.1, 0.15) is 6.61 Å². The molecule has 0 bridgehead atoms. The van der Waals surface area contributed by atoms with Gasteiger partial charge < -0.3 is 20.1 Å². The zero-order valence-corrected chi connectivity index (χ0v) is 27.1. The van der Waals surface area contributed by atoms with Crippen LogP contribution in [0.5, 0.6) is 0 Å². The van der Waals surface area contributed by atoms with Gasteiger partial charge in [0.15, 0.2) is 6.10 Å². The average Bonchev–Trinajstić information content (AvgIpc) is 2.97. The molecule has 0 aliphatic carbocycles. The molecule has 0 saturated carbocycles. The molecule has 0 radical (unpaired) electrons. The molecule has 0 fully saturated rings. The molecule has 42 heavy (non-hydrogen) atoms. The molecule has 0 heterocycles. The number of phosphoric acid groups is 1. The van der Waals surface area contributed by atoms with Gasteiger partial charge in [0, 0.05) is 19.4 Å². The smallest absolute Gasteiger partial charge is 0.462 e. The normalized spacial score (nSPS) is 14.1. The molecular weight excluding hydrogens is 557 g/mol. The van der Waals surface area contributed by atoms with Gasteiger partial charge in [-0.1, -0.05) is 102 Å². The van der Waals surface area contributed by atoms with Gasteiger partial charge in [-0.25, -0.2) is 4.57 Å². The molecule has 0 amide bonds. The van der Waals surface area contributed by atoms with Crippen LogP contribution in [-0.2, 0) is 32.7 Å². The summed E-state index contributed by atoms with van der Waals surface area (Å²) in [5.41, 5.74) is 5.30. The minimum Gasteiger partial charge on any atom is -0.462 e. The summed E-state index contributed by atoms with van der Waals surface area (Å²) in [7, 11) is -4.36. The number of hydrogen-bond acceptors (Lipinski definition) is 8. The predicted octanol–water partition coefficient (Wildman–Crippen LogP) is 7.87. The fourth-order valence-corrected chi connectivity index (χ4v) is 4.71. The van der Waals surface area contributed by atoms with Crippen molar-refractivity contribution in [1.82, 2.24) is 0 Å². The topological polar surface area (TPSA) is 134 Å². The van der Waals surface area contributed by atoms with Gasteiger partial charge in [-0.3, -0.25) is 18.6 Å². The number of esters is 2. The third-order valence-electron chi connectivity index (χ3n) is 6.29. The first-order valence-electron chi connectivity index (χ1n) is 16.0. The first-order valence-corrected chi connectivity index (χ1v) is 17.5. The molecule has 0 saturated heterocycles. The molecule has 0 rings (SSSR count). The van der Waals surface area contributed by atoms with Crippen LogP contribution < -0.4 is 5.73 Å². The van der Waals surface area contributed by atoms with Gasteiger partial charge in [-0.15, -0.1) is 0 Å². The van der Waals surface area contributed by atoms with Crippen molar-refractivity contribution in [2.24, 2.45) is 5.73 Å². The van der Waals surface area contributed by atoms with Crippen LogP contribution in [0.3, 0.4) is 0 Å². The van der Waals surface area contributed by atoms with Crippen molar-refractivity contribution in [2.45, 2.75) is 129 Å². The molecule has 9 nitrogen and oxygen atoms in total. The Kier molecular flexibility index (Phi) is 28.1. The number of phosphoric ester groups is 1. The Hall–Kier alpha value is -1.77. The summed E-state index contributed by atoms with van der Waals surface area (Å²) in [6.07, 6.45) is 27.8. The second kappa shape index (κ2) is 29.3. The van der Waals surface area contributed by atoms with Crippen molar-refractivity contribution in [3.05, 3.63) is 36.5 Å². The van der Waals surface area contributed by atoms with Crippen molar-refractivity contribution in [3.63, 3.8) is 0 Å². The van der Waals surface area contributed by atoms with E-state index in [0.29, 0.717) is 6.42 Å². The van der Waals surface area contributed by atoms with Gasteiger partial charge in [-0.2, -0.15) is 0 Å². The van der Waals surface area contributed by atoms with Gasteiger partial charge in [0.2, 0.25) is 0 Å². The second-order valence-corrected chi connectivity index (χ2v) is 11.8. The number of allylic oxidation sites excluding steroid dienone is 6. The van der Waals surface area contributed by atoms with Gasteiger partial charge in [0.25, 0.3) is 0 Å². The molecule has 0 spiro atoms. The number of ether oxygens (including phenoxy) is 2. The van der Waals surface area contributed by atoms with E-state index in [9.17, 15) is 19.0 Å². The predicted molar refractivity (Wildman–Crippen MR) is 169 cm³/mol. The van der Waals surface area contributed by atoms with E-state index in [0.717, 1.165) is 83.5 Å². The summed E-state index contributed by atoms with van der Waals surface area (Å²) in [6, 6.07) is 0. The monoisotopic (exact) mass is 615 g/mol. The number of carbonyl (C=O) groups is 2. The van der Waals surface area contributed by atoms with E-state index in [1.807, 2.05) is 0 Å². The van der Waals surface area contributed by atoms with Crippen LogP contribution in [0.25, 0.3) is 0 Å². The van der Waals surface area contributed by atoms with Crippen LogP contribution in [0.2, 0.25) is 0 Å². The van der Waals surface area contributed by atoms with E-state index in [4.69, 9.17) is 24.3 Å². The zero-order chi connectivity index (χ0) is 31.2. The van der Waals surface area contributed by atoms with Crippen molar-refractivity contribution in [3.8, 4) is 0 Å². The van der Waals surface area contributed by atoms with E-state index < -0.39 is 32.5 Å². The van der Waals surface area contributed by atoms with E-state index in [1.54, 1.807) is 0 Å². The molecule has 3 N–H and O–H groups in total. The average molecular weight is 616 g/mol. The van der Waals surface area contributed by atoms with Crippen LogP contribution in [0.1, 0.15) is 123 Å². The molecule has 2 atom stereocenters. The first-order chi connectivity index (χ1) is 20.3. The van der Waals surface area contributed by atoms with Crippen molar-refractivity contribution < 1.29 is 37.6 Å². The van der Waals surface area contributed by atoms with E-state index in [-0.39, 0.29) is 32.6 Å². The molecule has 0 aliphatic heterocycles. The van der Waals surface area contributed by atoms with Crippen LogP contribution in [-0.4, -0.2) is 49.3 Å². The molecule has 0 aliphatic rings. The summed E-state index contributed by atoms with van der Waals surface area (Å²) in [5, 5.41) is 0. The fourth-order valence-electron chi connectivity index (χ4n) is 3.94. The number of unbranched alkanes of at least 4 members (excludes halogenated alkanes) is 10. The molecule has 10 heteroatoms. The highest BCUT2D eigenvalue weighted by atomic mass is 31.2. The number of hydrogen-bond donors (Lipinski definition) is 2. The summed E-state index contributed by atoms with van der Waals surface area (Å²) in [5.74, 6) is -0.864. The molecule has 2 unspecified atom stereocenters. The Bertz CT molecular complexity index is 799. The van der Waals surface area contributed by atoms with E-state index in [2.05, 4.69) is 50.3 Å². The van der Waals surface area contributed by atoms with Crippen molar-refractivity contribution >= 4 is 19.8 Å². The summed E-state index contributed by atoms with van der Waals surface area (Å²) >= 11 is 0. The van der Waals surface area contributed by atoms with Gasteiger partial charge in [-0.05, 0) is 44.9 Å². The van der Waals surface area contributed by atoms with Gasteiger partial charge >= 0.3 is 19.8 Å². The molecule has 0 aromatic rings. The molecule has 244 valence electrons. The maximum Gasteiger partial charge on any atom is 0.472 e. The summed E-state index contributed by atoms with van der Waals surface area (Å²) < 4.78 is 32.3. The third-order valence-corrected chi connectivity index (χ3v) is 7.27. The number of rotatable bonds is 29. The highest BCUT2D eigenvalue weighted by Gasteiger charge is 2.25. The molecule has 0 aromatic carbocycles. The van der Waals surface area contributed by atoms with Crippen LogP contribution in [0.15, 0.2) is 36.5 Å². The standard InChI is InChI=1S/C32H58NO8P/c1-3-5-7-9-11-12-13-14-15-16-17-18-19-21-23-25-32(35)41-30(29-40-42(36,37)39-27-26-33)28-38-31(34)24-22-20-10-8-6-4-2/h5,7,11-12,14-15,30H,3-4,6,8-10,13,16-29,33H2,1-2H3,(H,36,37)/b7-5-,12-11-,15-14-. The largest absolute Gasteiger partial charge is 0.472 e. The van der Waals surface area contributed by atoms with Crippen molar-refractivity contribution in [2.75, 3.05) is 26.4 Å². The Balaban J connectivity index is 4.30. The zero-order valence-electron chi connectivity index (χ0n) is 26.2. The fraction of sp³-hybridized carbons (Fsp3) is 0.750. The Morgan fingerprint density at radius 2 is 1.31 bits per heavy atom. The van der Waals surface area contributed by atoms with Crippen LogP contribution in [0, 0.1) is 0 Å². The lowest BCUT2D eigenvalue weighted by Gasteiger charge is -2.19. The first kappa shape index (κ1) is 40.2. The molecule has 0 aromatic heterocycles. The lowest BCUT2D eigenvalue weighted by atomic mass is 10.1. The SMILES string of the molecule is CC/C=C\C/C=C\C/C=C\CCCCCCCC(=O)OC(COC(=O)CCCCCCCC)COP(=O)(O)OCCN. The Morgan fingerprint density at radius 1 is 0.738 bits per heavy atom. The van der Waals surface area contributed by atoms with Crippen LogP contribution in [0.4, 0.5) is 0 Å². The lowest BCUT2D eigenvalue weighted by Crippen LogP contribution is -2.29. The quantitative estimate of drug-likeness (QED) is 0.0373. The Labute approximate surface area is 254 Å². The van der Waals surface area contributed by atoms with E-state index >= 15 is 0 Å². The Morgan fingerprint density at radius 3 is 1.95 bits per heavy atom. The van der Waals surface area contributed by atoms with Crippen LogP contribution >= 0.6 is 7.82 Å².